The number of halogens is 2. The predicted molar refractivity (Wildman–Crippen MR) is 55.8 cm³/mol. The van der Waals surface area contributed by atoms with Crippen LogP contribution >= 0.6 is 31.9 Å². The van der Waals surface area contributed by atoms with Gasteiger partial charge in [0.1, 0.15) is 0 Å². The molecule has 14 heavy (non-hydrogen) atoms. The number of hydrogen-bond acceptors (Lipinski definition) is 2. The van der Waals surface area contributed by atoms with Gasteiger partial charge in [-0.2, -0.15) is 0 Å². The highest BCUT2D eigenvalue weighted by atomic mass is 79.9. The van der Waals surface area contributed by atoms with E-state index in [0.717, 1.165) is 0 Å². The summed E-state index contributed by atoms with van der Waals surface area (Å²) < 4.78 is 0.397. The molecule has 0 aliphatic rings. The van der Waals surface area contributed by atoms with E-state index in [4.69, 9.17) is 10.2 Å². The van der Waals surface area contributed by atoms with Crippen molar-refractivity contribution < 1.29 is 19.8 Å². The van der Waals surface area contributed by atoms with Gasteiger partial charge in [-0.15, -0.1) is 0 Å². The lowest BCUT2D eigenvalue weighted by atomic mass is 10.1. The molecule has 0 aromatic heterocycles. The largest absolute Gasteiger partial charge is 0.478 e. The first-order valence-corrected chi connectivity index (χ1v) is 4.98. The van der Waals surface area contributed by atoms with Crippen molar-refractivity contribution in [1.29, 1.82) is 0 Å². The minimum Gasteiger partial charge on any atom is -0.478 e. The second kappa shape index (κ2) is 4.10. The van der Waals surface area contributed by atoms with Crippen LogP contribution in [0.3, 0.4) is 0 Å². The van der Waals surface area contributed by atoms with Gasteiger partial charge in [0.25, 0.3) is 0 Å². The summed E-state index contributed by atoms with van der Waals surface area (Å²) in [5.41, 5.74) is -0.171. The van der Waals surface area contributed by atoms with Crippen LogP contribution in [-0.2, 0) is 0 Å². The Balaban J connectivity index is 3.49. The molecule has 0 amide bonds. The van der Waals surface area contributed by atoms with E-state index in [1.165, 1.54) is 12.1 Å². The topological polar surface area (TPSA) is 74.6 Å². The van der Waals surface area contributed by atoms with Crippen LogP contribution in [0, 0.1) is 0 Å². The zero-order chi connectivity index (χ0) is 10.9. The monoisotopic (exact) mass is 322 g/mol. The molecule has 0 atom stereocenters. The Kier molecular flexibility index (Phi) is 3.28. The average Bonchev–Trinajstić information content (AvgIpc) is 2.02. The average molecular weight is 324 g/mol. The molecular formula is C8H4Br2O4. The summed E-state index contributed by atoms with van der Waals surface area (Å²) in [6, 6.07) is 2.71. The molecule has 0 unspecified atom stereocenters. The van der Waals surface area contributed by atoms with Crippen LogP contribution in [0.2, 0.25) is 0 Å². The zero-order valence-electron chi connectivity index (χ0n) is 6.62. The molecule has 6 heteroatoms. The molecule has 0 heterocycles. The van der Waals surface area contributed by atoms with Gasteiger partial charge in [-0.25, -0.2) is 9.59 Å². The summed E-state index contributed by atoms with van der Waals surface area (Å²) in [5.74, 6) is -2.36. The Bertz CT molecular complexity index is 414. The molecule has 0 saturated carbocycles. The van der Waals surface area contributed by atoms with Crippen molar-refractivity contribution in [3.8, 4) is 0 Å². The first kappa shape index (κ1) is 11.2. The Hall–Kier alpha value is -0.880. The maximum Gasteiger partial charge on any atom is 0.338 e. The van der Waals surface area contributed by atoms with Crippen molar-refractivity contribution in [1.82, 2.24) is 0 Å². The third-order valence-electron chi connectivity index (χ3n) is 1.54. The summed E-state index contributed by atoms with van der Waals surface area (Å²) >= 11 is 5.97. The minimum atomic E-state index is -1.19. The van der Waals surface area contributed by atoms with Crippen LogP contribution in [0.1, 0.15) is 20.7 Å². The Morgan fingerprint density at radius 2 is 1.64 bits per heavy atom. The quantitative estimate of drug-likeness (QED) is 0.877. The van der Waals surface area contributed by atoms with E-state index in [9.17, 15) is 9.59 Å². The fraction of sp³-hybridized carbons (Fsp3) is 0. The summed E-state index contributed by atoms with van der Waals surface area (Å²) in [4.78, 5) is 21.4. The summed E-state index contributed by atoms with van der Waals surface area (Å²) in [5, 5.41) is 17.5. The smallest absolute Gasteiger partial charge is 0.338 e. The van der Waals surface area contributed by atoms with Gasteiger partial charge in [-0.3, -0.25) is 0 Å². The van der Waals surface area contributed by atoms with Crippen LogP contribution < -0.4 is 0 Å². The molecule has 0 fully saturated rings. The molecule has 0 aliphatic heterocycles. The van der Waals surface area contributed by atoms with E-state index in [2.05, 4.69) is 31.9 Å². The standard InChI is InChI=1S/C8H4Br2O4/c9-4-2-1-3(7(11)12)6(10)5(4)8(13)14/h1-2H,(H,11,12)(H,13,14). The lowest BCUT2D eigenvalue weighted by molar-refractivity contribution is 0.0695. The van der Waals surface area contributed by atoms with Crippen molar-refractivity contribution >= 4 is 43.8 Å². The summed E-state index contributed by atoms with van der Waals surface area (Å²) in [7, 11) is 0. The number of hydrogen-bond donors (Lipinski definition) is 2. The molecule has 0 aliphatic carbocycles. The third-order valence-corrected chi connectivity index (χ3v) is 3.02. The number of aromatic carboxylic acids is 2. The van der Waals surface area contributed by atoms with E-state index >= 15 is 0 Å². The molecule has 0 bridgehead atoms. The van der Waals surface area contributed by atoms with Crippen LogP contribution in [0.15, 0.2) is 21.1 Å². The lowest BCUT2D eigenvalue weighted by Crippen LogP contribution is -2.05. The normalized spacial score (nSPS) is 9.86. The fourth-order valence-corrected chi connectivity index (χ4v) is 2.36. The van der Waals surface area contributed by atoms with Crippen molar-refractivity contribution in [2.45, 2.75) is 0 Å². The number of benzene rings is 1. The number of carboxylic acid groups (broad SMARTS) is 2. The van der Waals surface area contributed by atoms with Crippen molar-refractivity contribution in [3.63, 3.8) is 0 Å². The van der Waals surface area contributed by atoms with E-state index in [1.807, 2.05) is 0 Å². The highest BCUT2D eigenvalue weighted by molar-refractivity contribution is 9.11. The number of rotatable bonds is 2. The molecule has 1 rings (SSSR count). The van der Waals surface area contributed by atoms with Crippen LogP contribution in [0.25, 0.3) is 0 Å². The maximum absolute atomic E-state index is 10.8. The van der Waals surface area contributed by atoms with Crippen molar-refractivity contribution in [2.24, 2.45) is 0 Å². The van der Waals surface area contributed by atoms with Gasteiger partial charge >= 0.3 is 11.9 Å². The molecule has 1 aromatic rings. The zero-order valence-corrected chi connectivity index (χ0v) is 9.79. The molecule has 0 radical (unpaired) electrons. The first-order valence-electron chi connectivity index (χ1n) is 3.39. The first-order chi connectivity index (χ1) is 6.45. The molecule has 2 N–H and O–H groups in total. The third kappa shape index (κ3) is 1.96. The van der Waals surface area contributed by atoms with Crippen LogP contribution in [0.4, 0.5) is 0 Å². The highest BCUT2D eigenvalue weighted by Crippen LogP contribution is 2.28. The Labute approximate surface area is 95.8 Å². The van der Waals surface area contributed by atoms with Gasteiger partial charge in [-0.1, -0.05) is 0 Å². The summed E-state index contributed by atoms with van der Waals surface area (Å²) in [6.07, 6.45) is 0. The van der Waals surface area contributed by atoms with E-state index in [0.29, 0.717) is 4.47 Å². The second-order valence-electron chi connectivity index (χ2n) is 2.39. The molecule has 4 nitrogen and oxygen atoms in total. The Morgan fingerprint density at radius 3 is 2.07 bits per heavy atom. The van der Waals surface area contributed by atoms with Gasteiger partial charge < -0.3 is 10.2 Å². The highest BCUT2D eigenvalue weighted by Gasteiger charge is 2.19. The molecular weight excluding hydrogens is 320 g/mol. The van der Waals surface area contributed by atoms with E-state index in [1.54, 1.807) is 0 Å². The van der Waals surface area contributed by atoms with Crippen LogP contribution in [-0.4, -0.2) is 22.2 Å². The summed E-state index contributed by atoms with van der Waals surface area (Å²) in [6.45, 7) is 0. The Morgan fingerprint density at radius 1 is 1.07 bits per heavy atom. The minimum absolute atomic E-state index is 0.0619. The van der Waals surface area contributed by atoms with E-state index < -0.39 is 11.9 Å². The van der Waals surface area contributed by atoms with Crippen molar-refractivity contribution in [2.75, 3.05) is 0 Å². The SMILES string of the molecule is O=C(O)c1ccc(Br)c(C(=O)O)c1Br. The van der Waals surface area contributed by atoms with Gasteiger partial charge in [0.15, 0.2) is 0 Å². The predicted octanol–water partition coefficient (Wildman–Crippen LogP) is 2.61. The maximum atomic E-state index is 10.8. The van der Waals surface area contributed by atoms with Gasteiger partial charge in [0.05, 0.1) is 11.1 Å². The van der Waals surface area contributed by atoms with Crippen LogP contribution in [0.5, 0.6) is 0 Å². The van der Waals surface area contributed by atoms with Gasteiger partial charge in [0, 0.05) is 8.95 Å². The molecule has 0 saturated heterocycles. The second-order valence-corrected chi connectivity index (χ2v) is 4.04. The molecule has 0 spiro atoms. The number of carbonyl (C=O) groups is 2. The van der Waals surface area contributed by atoms with Gasteiger partial charge in [-0.05, 0) is 44.0 Å². The molecule has 1 aromatic carbocycles. The fourth-order valence-electron chi connectivity index (χ4n) is 0.914. The van der Waals surface area contributed by atoms with Crippen molar-refractivity contribution in [3.05, 3.63) is 32.2 Å². The van der Waals surface area contributed by atoms with Gasteiger partial charge in [0.2, 0.25) is 0 Å². The number of carboxylic acids is 2. The molecule has 74 valence electrons. The van der Waals surface area contributed by atoms with E-state index in [-0.39, 0.29) is 15.6 Å². The lowest BCUT2D eigenvalue weighted by Gasteiger charge is -2.05.